The Kier molecular flexibility index (Phi) is 6.27. The highest BCUT2D eigenvalue weighted by Crippen LogP contribution is 2.24. The number of benzene rings is 2. The van der Waals surface area contributed by atoms with Crippen molar-refractivity contribution in [1.29, 1.82) is 0 Å². The summed E-state index contributed by atoms with van der Waals surface area (Å²) in [5.41, 5.74) is 2.68. The normalized spacial score (nSPS) is 16.0. The van der Waals surface area contributed by atoms with Gasteiger partial charge in [0.25, 0.3) is 5.91 Å². The number of aromatic nitrogens is 1. The minimum Gasteiger partial charge on any atom is -0.354 e. The molecule has 29 heavy (non-hydrogen) atoms. The molecule has 0 aliphatic carbocycles. The van der Waals surface area contributed by atoms with Gasteiger partial charge in [-0.05, 0) is 12.1 Å². The summed E-state index contributed by atoms with van der Waals surface area (Å²) >= 11 is 3.21. The molecule has 148 valence electrons. The molecule has 1 aromatic heterocycles. The number of nitrogens with zero attached hydrogens (tertiary/aromatic N) is 2. The van der Waals surface area contributed by atoms with Gasteiger partial charge in [-0.2, -0.15) is 0 Å². The van der Waals surface area contributed by atoms with E-state index in [2.05, 4.69) is 10.3 Å². The van der Waals surface area contributed by atoms with E-state index in [0.717, 1.165) is 16.3 Å². The molecule has 1 fully saturated rings. The standard InChI is InChI=1S/C22H21N3O2S2/c26-20(19-14-28-15-25(19)22(27)17-9-5-2-6-10-17)23-12-11-18-13-29-21(24-18)16-7-3-1-4-8-16/h1-10,13,19H,11-12,14-15H2,(H,23,26)/t19-/m1/s1. The van der Waals surface area contributed by atoms with Crippen LogP contribution in [-0.2, 0) is 11.2 Å². The van der Waals surface area contributed by atoms with Crippen LogP contribution in [0.3, 0.4) is 0 Å². The van der Waals surface area contributed by atoms with Crippen molar-refractivity contribution in [3.05, 3.63) is 77.3 Å². The van der Waals surface area contributed by atoms with Gasteiger partial charge in [-0.25, -0.2) is 4.98 Å². The van der Waals surface area contributed by atoms with E-state index < -0.39 is 6.04 Å². The second-order valence-corrected chi connectivity index (χ2v) is 8.57. The summed E-state index contributed by atoms with van der Waals surface area (Å²) in [4.78, 5) is 31.7. The lowest BCUT2D eigenvalue weighted by molar-refractivity contribution is -0.124. The third-order valence-corrected chi connectivity index (χ3v) is 6.67. The van der Waals surface area contributed by atoms with Crippen molar-refractivity contribution in [3.8, 4) is 10.6 Å². The first-order valence-corrected chi connectivity index (χ1v) is 11.5. The zero-order chi connectivity index (χ0) is 20.1. The lowest BCUT2D eigenvalue weighted by Gasteiger charge is -2.23. The Morgan fingerprint density at radius 2 is 1.79 bits per heavy atom. The molecule has 0 spiro atoms. The Morgan fingerprint density at radius 1 is 1.07 bits per heavy atom. The van der Waals surface area contributed by atoms with Crippen LogP contribution in [0.15, 0.2) is 66.0 Å². The average molecular weight is 424 g/mol. The summed E-state index contributed by atoms with van der Waals surface area (Å²) in [5.74, 6) is 0.970. The van der Waals surface area contributed by atoms with E-state index in [0.29, 0.717) is 30.2 Å². The van der Waals surface area contributed by atoms with Gasteiger partial charge in [0, 0.05) is 35.2 Å². The van der Waals surface area contributed by atoms with Crippen LogP contribution in [0.5, 0.6) is 0 Å². The Bertz CT molecular complexity index is 976. The lowest BCUT2D eigenvalue weighted by Crippen LogP contribution is -2.47. The Morgan fingerprint density at radius 3 is 2.55 bits per heavy atom. The molecule has 0 radical (unpaired) electrons. The van der Waals surface area contributed by atoms with E-state index in [1.165, 1.54) is 0 Å². The molecule has 0 unspecified atom stereocenters. The second-order valence-electron chi connectivity index (χ2n) is 6.71. The molecule has 1 N–H and O–H groups in total. The third kappa shape index (κ3) is 4.68. The van der Waals surface area contributed by atoms with Crippen LogP contribution in [0, 0.1) is 0 Å². The number of hydrogen-bond acceptors (Lipinski definition) is 5. The predicted molar refractivity (Wildman–Crippen MR) is 118 cm³/mol. The number of amides is 2. The molecule has 5 nitrogen and oxygen atoms in total. The summed E-state index contributed by atoms with van der Waals surface area (Å²) in [6.07, 6.45) is 0.668. The first-order valence-electron chi connectivity index (χ1n) is 9.43. The number of nitrogens with one attached hydrogen (secondary N) is 1. The highest BCUT2D eigenvalue weighted by atomic mass is 32.2. The highest BCUT2D eigenvalue weighted by Gasteiger charge is 2.34. The van der Waals surface area contributed by atoms with E-state index in [-0.39, 0.29) is 11.8 Å². The molecule has 0 bridgehead atoms. The first-order chi connectivity index (χ1) is 14.2. The molecule has 1 aliphatic heterocycles. The topological polar surface area (TPSA) is 62.3 Å². The van der Waals surface area contributed by atoms with E-state index in [9.17, 15) is 9.59 Å². The fraction of sp³-hybridized carbons (Fsp3) is 0.227. The van der Waals surface area contributed by atoms with E-state index >= 15 is 0 Å². The number of thiazole rings is 1. The summed E-state index contributed by atoms with van der Waals surface area (Å²) < 4.78 is 0. The van der Waals surface area contributed by atoms with Crippen molar-refractivity contribution in [2.75, 3.05) is 18.2 Å². The quantitative estimate of drug-likeness (QED) is 0.657. The van der Waals surface area contributed by atoms with Crippen LogP contribution >= 0.6 is 23.1 Å². The van der Waals surface area contributed by atoms with Crippen LogP contribution in [0.1, 0.15) is 16.1 Å². The smallest absolute Gasteiger partial charge is 0.255 e. The summed E-state index contributed by atoms with van der Waals surface area (Å²) in [5, 5.41) is 5.99. The zero-order valence-corrected chi connectivity index (χ0v) is 17.4. The maximum Gasteiger partial charge on any atom is 0.255 e. The molecular weight excluding hydrogens is 402 g/mol. The number of carbonyl (C=O) groups excluding carboxylic acids is 2. The Balaban J connectivity index is 1.31. The van der Waals surface area contributed by atoms with Gasteiger partial charge in [0.15, 0.2) is 0 Å². The molecule has 4 rings (SSSR count). The molecular formula is C22H21N3O2S2. The molecule has 3 aromatic rings. The molecule has 1 saturated heterocycles. The van der Waals surface area contributed by atoms with Gasteiger partial charge in [0.05, 0.1) is 11.6 Å². The monoisotopic (exact) mass is 423 g/mol. The molecule has 7 heteroatoms. The van der Waals surface area contributed by atoms with Crippen LogP contribution in [0.25, 0.3) is 10.6 Å². The van der Waals surface area contributed by atoms with Gasteiger partial charge in [0.1, 0.15) is 11.0 Å². The zero-order valence-electron chi connectivity index (χ0n) is 15.8. The molecule has 2 aromatic carbocycles. The van der Waals surface area contributed by atoms with Crippen LogP contribution in [0.4, 0.5) is 0 Å². The van der Waals surface area contributed by atoms with Crippen molar-refractivity contribution in [1.82, 2.24) is 15.2 Å². The SMILES string of the molecule is O=C(NCCc1csc(-c2ccccc2)n1)[C@H]1CSCN1C(=O)c1ccccc1. The minimum absolute atomic E-state index is 0.0947. The van der Waals surface area contributed by atoms with Crippen LogP contribution < -0.4 is 5.32 Å². The number of carbonyl (C=O) groups is 2. The number of thioether (sulfide) groups is 1. The van der Waals surface area contributed by atoms with Gasteiger partial charge in [-0.15, -0.1) is 23.1 Å². The van der Waals surface area contributed by atoms with Gasteiger partial charge >= 0.3 is 0 Å². The van der Waals surface area contributed by atoms with Crippen molar-refractivity contribution < 1.29 is 9.59 Å². The van der Waals surface area contributed by atoms with Crippen molar-refractivity contribution in [2.24, 2.45) is 0 Å². The largest absolute Gasteiger partial charge is 0.354 e. The summed E-state index contributed by atoms with van der Waals surface area (Å²) in [6.45, 7) is 0.505. The predicted octanol–water partition coefficient (Wildman–Crippen LogP) is 3.68. The number of rotatable bonds is 6. The van der Waals surface area contributed by atoms with Gasteiger partial charge in [-0.3, -0.25) is 9.59 Å². The highest BCUT2D eigenvalue weighted by molar-refractivity contribution is 7.99. The van der Waals surface area contributed by atoms with Crippen LogP contribution in [0.2, 0.25) is 0 Å². The van der Waals surface area contributed by atoms with Crippen molar-refractivity contribution >= 4 is 34.9 Å². The minimum atomic E-state index is -0.428. The lowest BCUT2D eigenvalue weighted by atomic mass is 10.1. The van der Waals surface area contributed by atoms with Gasteiger partial charge in [-0.1, -0.05) is 48.5 Å². The van der Waals surface area contributed by atoms with Gasteiger partial charge < -0.3 is 10.2 Å². The van der Waals surface area contributed by atoms with E-state index in [4.69, 9.17) is 0 Å². The maximum absolute atomic E-state index is 12.7. The van der Waals surface area contributed by atoms with E-state index in [1.54, 1.807) is 40.1 Å². The average Bonchev–Trinajstić information content (AvgIpc) is 3.44. The molecule has 1 aliphatic rings. The molecule has 2 amide bonds. The Hall–Kier alpha value is -2.64. The van der Waals surface area contributed by atoms with Gasteiger partial charge in [0.2, 0.25) is 5.91 Å². The van der Waals surface area contributed by atoms with Crippen molar-refractivity contribution in [3.63, 3.8) is 0 Å². The molecule has 1 atom stereocenters. The van der Waals surface area contributed by atoms with Crippen molar-refractivity contribution in [2.45, 2.75) is 12.5 Å². The molecule has 2 heterocycles. The second kappa shape index (κ2) is 9.24. The third-order valence-electron chi connectivity index (χ3n) is 4.72. The Labute approximate surface area is 178 Å². The maximum atomic E-state index is 12.7. The van der Waals surface area contributed by atoms with E-state index in [1.807, 2.05) is 53.9 Å². The summed E-state index contributed by atoms with van der Waals surface area (Å²) in [7, 11) is 0. The number of hydrogen-bond donors (Lipinski definition) is 1. The first kappa shape index (κ1) is 19.7. The molecule has 0 saturated carbocycles. The fourth-order valence-electron chi connectivity index (χ4n) is 3.17. The fourth-order valence-corrected chi connectivity index (χ4v) is 5.19. The summed E-state index contributed by atoms with van der Waals surface area (Å²) in [6, 6.07) is 18.8. The van der Waals surface area contributed by atoms with Crippen LogP contribution in [-0.4, -0.2) is 45.9 Å².